The highest BCUT2D eigenvalue weighted by Crippen LogP contribution is 2.05. The van der Waals surface area contributed by atoms with Gasteiger partial charge in [0.15, 0.2) is 0 Å². The first-order valence-corrected chi connectivity index (χ1v) is 6.58. The third kappa shape index (κ3) is 7.34. The number of unbranched alkanes of at least 4 members (excludes halogenated alkanes) is 1. The largest absolute Gasteiger partial charge is 0.350 e. The molecule has 17 heavy (non-hydrogen) atoms. The van der Waals surface area contributed by atoms with Gasteiger partial charge in [-0.2, -0.15) is 0 Å². The SMILES string of the molecule is CCCCN(CCN)C(C)C(=O)NC(C)(C)C. The molecule has 3 N–H and O–H groups in total. The van der Waals surface area contributed by atoms with Crippen LogP contribution in [0.4, 0.5) is 0 Å². The lowest BCUT2D eigenvalue weighted by atomic mass is 10.1. The van der Waals surface area contributed by atoms with Crippen molar-refractivity contribution in [1.29, 1.82) is 0 Å². The van der Waals surface area contributed by atoms with E-state index in [4.69, 9.17) is 5.73 Å². The summed E-state index contributed by atoms with van der Waals surface area (Å²) in [5.41, 5.74) is 5.42. The van der Waals surface area contributed by atoms with Gasteiger partial charge in [-0.1, -0.05) is 13.3 Å². The number of carbonyl (C=O) groups is 1. The fourth-order valence-corrected chi connectivity index (χ4v) is 1.67. The number of carbonyl (C=O) groups excluding carboxylic acids is 1. The fourth-order valence-electron chi connectivity index (χ4n) is 1.67. The standard InChI is InChI=1S/C13H29N3O/c1-6-7-9-16(10-8-14)11(2)12(17)15-13(3,4)5/h11H,6-10,14H2,1-5H3,(H,15,17). The van der Waals surface area contributed by atoms with Crippen LogP contribution in [-0.2, 0) is 4.79 Å². The summed E-state index contributed by atoms with van der Waals surface area (Å²) in [4.78, 5) is 14.2. The number of rotatable bonds is 7. The summed E-state index contributed by atoms with van der Waals surface area (Å²) < 4.78 is 0. The van der Waals surface area contributed by atoms with E-state index in [2.05, 4.69) is 17.1 Å². The van der Waals surface area contributed by atoms with Crippen LogP contribution in [0.5, 0.6) is 0 Å². The van der Waals surface area contributed by atoms with Gasteiger partial charge in [-0.3, -0.25) is 9.69 Å². The van der Waals surface area contributed by atoms with Crippen molar-refractivity contribution in [3.8, 4) is 0 Å². The molecule has 0 fully saturated rings. The van der Waals surface area contributed by atoms with Gasteiger partial charge in [0.25, 0.3) is 0 Å². The molecule has 1 unspecified atom stereocenters. The summed E-state index contributed by atoms with van der Waals surface area (Å²) in [6.07, 6.45) is 2.24. The number of nitrogens with one attached hydrogen (secondary N) is 1. The Kier molecular flexibility index (Phi) is 7.39. The number of hydrogen-bond donors (Lipinski definition) is 2. The molecule has 0 heterocycles. The van der Waals surface area contributed by atoms with Gasteiger partial charge in [0, 0.05) is 18.6 Å². The monoisotopic (exact) mass is 243 g/mol. The summed E-state index contributed by atoms with van der Waals surface area (Å²) in [5.74, 6) is 0.0852. The Bertz CT molecular complexity index is 223. The first kappa shape index (κ1) is 16.4. The Hall–Kier alpha value is -0.610. The van der Waals surface area contributed by atoms with Crippen molar-refractivity contribution in [2.24, 2.45) is 5.73 Å². The van der Waals surface area contributed by atoms with E-state index < -0.39 is 0 Å². The van der Waals surface area contributed by atoms with Gasteiger partial charge in [0.05, 0.1) is 6.04 Å². The maximum atomic E-state index is 12.0. The third-order valence-electron chi connectivity index (χ3n) is 2.64. The van der Waals surface area contributed by atoms with Crippen molar-refractivity contribution in [2.45, 2.75) is 59.0 Å². The zero-order valence-electron chi connectivity index (χ0n) is 12.0. The van der Waals surface area contributed by atoms with Crippen molar-refractivity contribution < 1.29 is 4.79 Å². The van der Waals surface area contributed by atoms with E-state index in [0.29, 0.717) is 6.54 Å². The number of nitrogens with two attached hydrogens (primary N) is 1. The van der Waals surface area contributed by atoms with Crippen LogP contribution in [-0.4, -0.2) is 42.0 Å². The lowest BCUT2D eigenvalue weighted by Gasteiger charge is -2.30. The maximum absolute atomic E-state index is 12.0. The molecule has 1 atom stereocenters. The second-order valence-electron chi connectivity index (χ2n) is 5.59. The highest BCUT2D eigenvalue weighted by Gasteiger charge is 2.23. The lowest BCUT2D eigenvalue weighted by molar-refractivity contribution is -0.127. The Morgan fingerprint density at radius 1 is 1.35 bits per heavy atom. The van der Waals surface area contributed by atoms with Crippen LogP contribution in [0.15, 0.2) is 0 Å². The molecule has 1 amide bonds. The van der Waals surface area contributed by atoms with Gasteiger partial charge in [-0.05, 0) is 40.7 Å². The van der Waals surface area contributed by atoms with Crippen LogP contribution >= 0.6 is 0 Å². The maximum Gasteiger partial charge on any atom is 0.237 e. The Morgan fingerprint density at radius 3 is 2.35 bits per heavy atom. The molecule has 0 radical (unpaired) electrons. The van der Waals surface area contributed by atoms with Gasteiger partial charge in [0.2, 0.25) is 5.91 Å². The Labute approximate surface area is 106 Å². The van der Waals surface area contributed by atoms with Crippen LogP contribution in [0, 0.1) is 0 Å². The molecule has 0 spiro atoms. The predicted molar refractivity (Wildman–Crippen MR) is 72.9 cm³/mol. The number of nitrogens with zero attached hydrogens (tertiary/aromatic N) is 1. The van der Waals surface area contributed by atoms with E-state index in [-0.39, 0.29) is 17.5 Å². The molecule has 0 aliphatic heterocycles. The average molecular weight is 243 g/mol. The van der Waals surface area contributed by atoms with Crippen molar-refractivity contribution >= 4 is 5.91 Å². The van der Waals surface area contributed by atoms with E-state index in [1.807, 2.05) is 27.7 Å². The lowest BCUT2D eigenvalue weighted by Crippen LogP contribution is -2.52. The van der Waals surface area contributed by atoms with Crippen LogP contribution in [0.2, 0.25) is 0 Å². The summed E-state index contributed by atoms with van der Waals surface area (Å²) in [5, 5.41) is 3.01. The van der Waals surface area contributed by atoms with E-state index in [1.54, 1.807) is 0 Å². The highest BCUT2D eigenvalue weighted by molar-refractivity contribution is 5.81. The van der Waals surface area contributed by atoms with Crippen LogP contribution in [0.1, 0.15) is 47.5 Å². The molecule has 0 saturated carbocycles. The third-order valence-corrected chi connectivity index (χ3v) is 2.64. The van der Waals surface area contributed by atoms with E-state index in [1.165, 1.54) is 0 Å². The highest BCUT2D eigenvalue weighted by atomic mass is 16.2. The smallest absolute Gasteiger partial charge is 0.237 e. The minimum atomic E-state index is -0.176. The first-order chi connectivity index (χ1) is 7.81. The molecule has 0 saturated heterocycles. The normalized spacial score (nSPS) is 13.8. The predicted octanol–water partition coefficient (Wildman–Crippen LogP) is 1.35. The zero-order chi connectivity index (χ0) is 13.5. The topological polar surface area (TPSA) is 58.4 Å². The van der Waals surface area contributed by atoms with E-state index in [9.17, 15) is 4.79 Å². The number of hydrogen-bond acceptors (Lipinski definition) is 3. The second-order valence-corrected chi connectivity index (χ2v) is 5.59. The zero-order valence-corrected chi connectivity index (χ0v) is 12.0. The molecule has 0 rings (SSSR count). The molecular weight excluding hydrogens is 214 g/mol. The van der Waals surface area contributed by atoms with Crippen molar-refractivity contribution in [3.05, 3.63) is 0 Å². The molecule has 0 bridgehead atoms. The van der Waals surface area contributed by atoms with E-state index >= 15 is 0 Å². The quantitative estimate of drug-likeness (QED) is 0.709. The molecular formula is C13H29N3O. The van der Waals surface area contributed by atoms with Crippen LogP contribution < -0.4 is 11.1 Å². The Balaban J connectivity index is 4.37. The van der Waals surface area contributed by atoms with Gasteiger partial charge in [-0.25, -0.2) is 0 Å². The van der Waals surface area contributed by atoms with E-state index in [0.717, 1.165) is 25.9 Å². The summed E-state index contributed by atoms with van der Waals surface area (Å²) in [6.45, 7) is 12.4. The summed E-state index contributed by atoms with van der Waals surface area (Å²) in [6, 6.07) is -0.107. The second kappa shape index (κ2) is 7.67. The first-order valence-electron chi connectivity index (χ1n) is 6.58. The Morgan fingerprint density at radius 2 is 1.94 bits per heavy atom. The van der Waals surface area contributed by atoms with Gasteiger partial charge < -0.3 is 11.1 Å². The van der Waals surface area contributed by atoms with Crippen molar-refractivity contribution in [2.75, 3.05) is 19.6 Å². The minimum absolute atomic E-state index is 0.0852. The molecule has 4 nitrogen and oxygen atoms in total. The molecule has 102 valence electrons. The van der Waals surface area contributed by atoms with Crippen LogP contribution in [0.25, 0.3) is 0 Å². The average Bonchev–Trinajstić information content (AvgIpc) is 2.20. The van der Waals surface area contributed by atoms with Gasteiger partial charge in [-0.15, -0.1) is 0 Å². The molecule has 0 aliphatic carbocycles. The molecule has 0 aromatic rings. The van der Waals surface area contributed by atoms with Crippen molar-refractivity contribution in [3.63, 3.8) is 0 Å². The van der Waals surface area contributed by atoms with Crippen molar-refractivity contribution in [1.82, 2.24) is 10.2 Å². The molecule has 4 heteroatoms. The van der Waals surface area contributed by atoms with Gasteiger partial charge >= 0.3 is 0 Å². The van der Waals surface area contributed by atoms with Crippen LogP contribution in [0.3, 0.4) is 0 Å². The number of amides is 1. The summed E-state index contributed by atoms with van der Waals surface area (Å²) >= 11 is 0. The minimum Gasteiger partial charge on any atom is -0.350 e. The summed E-state index contributed by atoms with van der Waals surface area (Å²) in [7, 11) is 0. The molecule has 0 aliphatic rings. The molecule has 0 aromatic carbocycles. The van der Waals surface area contributed by atoms with Gasteiger partial charge in [0.1, 0.15) is 0 Å². The fraction of sp³-hybridized carbons (Fsp3) is 0.923. The molecule has 0 aromatic heterocycles.